The van der Waals surface area contributed by atoms with Crippen LogP contribution >= 0.6 is 15.9 Å². The van der Waals surface area contributed by atoms with Crippen molar-refractivity contribution in [3.63, 3.8) is 0 Å². The first-order chi connectivity index (χ1) is 15.0. The summed E-state index contributed by atoms with van der Waals surface area (Å²) in [6.45, 7) is 8.69. The molecule has 0 saturated carbocycles. The molecule has 0 spiro atoms. The van der Waals surface area contributed by atoms with Gasteiger partial charge in [-0.3, -0.25) is 14.7 Å². The zero-order valence-corrected chi connectivity index (χ0v) is 19.7. The van der Waals surface area contributed by atoms with Crippen LogP contribution in [0.2, 0.25) is 0 Å². The number of hydrogen-bond acceptors (Lipinski definition) is 5. The van der Waals surface area contributed by atoms with Crippen LogP contribution in [0.4, 0.5) is 5.69 Å². The molecule has 3 aromatic rings. The summed E-state index contributed by atoms with van der Waals surface area (Å²) in [4.78, 5) is 21.0. The Morgan fingerprint density at radius 1 is 1.06 bits per heavy atom. The van der Waals surface area contributed by atoms with Gasteiger partial charge in [0, 0.05) is 49.5 Å². The van der Waals surface area contributed by atoms with E-state index in [1.165, 1.54) is 11.1 Å². The third-order valence-electron chi connectivity index (χ3n) is 5.73. The summed E-state index contributed by atoms with van der Waals surface area (Å²) in [6.07, 6.45) is 0.893. The van der Waals surface area contributed by atoms with Crippen LogP contribution in [0.3, 0.4) is 0 Å². The fourth-order valence-corrected chi connectivity index (χ4v) is 4.61. The zero-order valence-electron chi connectivity index (χ0n) is 18.1. The number of nitrogens with zero attached hydrogens (tertiary/aromatic N) is 3. The number of anilines is 1. The minimum absolute atomic E-state index is 0.0246. The van der Waals surface area contributed by atoms with Crippen LogP contribution in [0, 0.1) is 6.92 Å². The van der Waals surface area contributed by atoms with E-state index in [4.69, 9.17) is 4.74 Å². The van der Waals surface area contributed by atoms with Crippen molar-refractivity contribution in [2.45, 2.75) is 20.3 Å². The van der Waals surface area contributed by atoms with E-state index < -0.39 is 0 Å². The molecule has 2 heterocycles. The number of ether oxygens (including phenoxy) is 1. The molecule has 0 aliphatic carbocycles. The Morgan fingerprint density at radius 2 is 1.84 bits per heavy atom. The van der Waals surface area contributed by atoms with Crippen LogP contribution in [0.1, 0.15) is 18.2 Å². The van der Waals surface area contributed by atoms with E-state index in [9.17, 15) is 4.79 Å². The number of fused-ring (bicyclic) bond motifs is 1. The van der Waals surface area contributed by atoms with E-state index in [1.54, 1.807) is 6.92 Å². The molecule has 0 atom stereocenters. The second-order valence-electron chi connectivity index (χ2n) is 8.09. The third kappa shape index (κ3) is 5.25. The lowest BCUT2D eigenvalue weighted by atomic mass is 10.1. The van der Waals surface area contributed by atoms with Crippen molar-refractivity contribution in [1.82, 2.24) is 9.88 Å². The molecule has 1 aliphatic rings. The minimum atomic E-state index is 0.0246. The molecule has 0 radical (unpaired) electrons. The van der Waals surface area contributed by atoms with Crippen LogP contribution in [-0.2, 0) is 11.2 Å². The van der Waals surface area contributed by atoms with Crippen molar-refractivity contribution in [1.29, 1.82) is 0 Å². The van der Waals surface area contributed by atoms with Gasteiger partial charge in [-0.15, -0.1) is 0 Å². The van der Waals surface area contributed by atoms with E-state index in [0.717, 1.165) is 66.1 Å². The second-order valence-corrected chi connectivity index (χ2v) is 8.95. The highest BCUT2D eigenvalue weighted by atomic mass is 79.9. The second kappa shape index (κ2) is 9.79. The normalized spacial score (nSPS) is 14.7. The lowest BCUT2D eigenvalue weighted by molar-refractivity contribution is -0.118. The van der Waals surface area contributed by atoms with Crippen molar-refractivity contribution in [2.24, 2.45) is 0 Å². The molecular weight excluding hydrogens is 454 g/mol. The first-order valence-corrected chi connectivity index (χ1v) is 11.5. The number of halogens is 1. The topological polar surface area (TPSA) is 45.7 Å². The molecule has 1 fully saturated rings. The number of carbonyl (C=O) groups is 1. The Hall–Kier alpha value is -2.44. The first-order valence-electron chi connectivity index (χ1n) is 10.7. The maximum absolute atomic E-state index is 11.3. The van der Waals surface area contributed by atoms with Gasteiger partial charge in [0.1, 0.15) is 12.4 Å². The first kappa shape index (κ1) is 21.8. The Labute approximate surface area is 192 Å². The highest BCUT2D eigenvalue weighted by molar-refractivity contribution is 9.10. The number of piperazine rings is 1. The molecule has 0 amide bonds. The van der Waals surface area contributed by atoms with Gasteiger partial charge in [0.2, 0.25) is 0 Å². The predicted molar refractivity (Wildman–Crippen MR) is 129 cm³/mol. The Kier molecular flexibility index (Phi) is 6.88. The molecule has 0 bridgehead atoms. The molecule has 31 heavy (non-hydrogen) atoms. The molecule has 162 valence electrons. The molecule has 4 rings (SSSR count). The number of hydrogen-bond donors (Lipinski definition) is 0. The van der Waals surface area contributed by atoms with Gasteiger partial charge in [0.25, 0.3) is 0 Å². The summed E-state index contributed by atoms with van der Waals surface area (Å²) in [5, 5.41) is 1.22. The third-order valence-corrected chi connectivity index (χ3v) is 6.35. The average Bonchev–Trinajstić information content (AvgIpc) is 2.76. The van der Waals surface area contributed by atoms with Gasteiger partial charge < -0.3 is 9.64 Å². The van der Waals surface area contributed by atoms with E-state index in [2.05, 4.69) is 67.1 Å². The van der Waals surface area contributed by atoms with Crippen molar-refractivity contribution in [3.05, 3.63) is 64.3 Å². The Morgan fingerprint density at radius 3 is 2.61 bits per heavy atom. The van der Waals surface area contributed by atoms with Crippen LogP contribution in [0.5, 0.6) is 5.75 Å². The number of aryl methyl sites for hydroxylation is 1. The molecule has 1 aromatic heterocycles. The number of benzene rings is 2. The molecule has 6 heteroatoms. The molecule has 1 aliphatic heterocycles. The van der Waals surface area contributed by atoms with Crippen molar-refractivity contribution in [3.8, 4) is 5.75 Å². The van der Waals surface area contributed by atoms with Crippen LogP contribution in [-0.4, -0.2) is 55.0 Å². The number of ketones is 1. The largest absolute Gasteiger partial charge is 0.484 e. The molecule has 1 saturated heterocycles. The summed E-state index contributed by atoms with van der Waals surface area (Å²) < 4.78 is 6.66. The van der Waals surface area contributed by atoms with Crippen LogP contribution in [0.25, 0.3) is 10.9 Å². The predicted octanol–water partition coefficient (Wildman–Crippen LogP) is 4.64. The van der Waals surface area contributed by atoms with Gasteiger partial charge >= 0.3 is 0 Å². The minimum Gasteiger partial charge on any atom is -0.484 e. The number of aromatic nitrogens is 1. The standard InChI is InChI=1S/C25H28BrN3O2/c1-18-9-10-21-23(27-18)7-4-8-24(21)29-15-13-28(14-16-29)12-11-20-5-3-6-22(26)25(20)31-17-19(2)30/h3-10H,11-17H2,1-2H3. The number of pyridine rings is 1. The number of rotatable bonds is 7. The number of para-hydroxylation sites is 1. The Bertz CT molecular complexity index is 1080. The smallest absolute Gasteiger partial charge is 0.167 e. The van der Waals surface area contributed by atoms with Gasteiger partial charge in [0.05, 0.1) is 9.99 Å². The lowest BCUT2D eigenvalue weighted by Gasteiger charge is -2.36. The van der Waals surface area contributed by atoms with Crippen LogP contribution in [0.15, 0.2) is 53.0 Å². The maximum Gasteiger partial charge on any atom is 0.167 e. The summed E-state index contributed by atoms with van der Waals surface area (Å²) >= 11 is 3.56. The molecule has 2 aromatic carbocycles. The fourth-order valence-electron chi connectivity index (χ4n) is 4.09. The molecule has 5 nitrogen and oxygen atoms in total. The molecular formula is C25H28BrN3O2. The van der Waals surface area contributed by atoms with E-state index in [1.807, 2.05) is 19.1 Å². The van der Waals surface area contributed by atoms with Gasteiger partial charge in [-0.2, -0.15) is 0 Å². The summed E-state index contributed by atoms with van der Waals surface area (Å²) in [6, 6.07) is 16.7. The Balaban J connectivity index is 1.38. The van der Waals surface area contributed by atoms with Crippen molar-refractivity contribution in [2.75, 3.05) is 44.2 Å². The van der Waals surface area contributed by atoms with E-state index in [0.29, 0.717) is 0 Å². The van der Waals surface area contributed by atoms with E-state index >= 15 is 0 Å². The quantitative estimate of drug-likeness (QED) is 0.491. The van der Waals surface area contributed by atoms with Crippen LogP contribution < -0.4 is 9.64 Å². The molecule has 0 unspecified atom stereocenters. The number of carbonyl (C=O) groups excluding carboxylic acids is 1. The lowest BCUT2D eigenvalue weighted by Crippen LogP contribution is -2.47. The van der Waals surface area contributed by atoms with Gasteiger partial charge in [-0.1, -0.05) is 18.2 Å². The highest BCUT2D eigenvalue weighted by Crippen LogP contribution is 2.30. The van der Waals surface area contributed by atoms with Gasteiger partial charge in [0.15, 0.2) is 5.78 Å². The highest BCUT2D eigenvalue weighted by Gasteiger charge is 2.19. The fraction of sp³-hybridized carbons (Fsp3) is 0.360. The average molecular weight is 482 g/mol. The van der Waals surface area contributed by atoms with Gasteiger partial charge in [-0.25, -0.2) is 0 Å². The monoisotopic (exact) mass is 481 g/mol. The molecule has 0 N–H and O–H groups in total. The van der Waals surface area contributed by atoms with Gasteiger partial charge in [-0.05, 0) is 72.1 Å². The SMILES string of the molecule is CC(=O)COc1c(Br)cccc1CCN1CCN(c2cccc3nc(C)ccc23)CC1. The summed E-state index contributed by atoms with van der Waals surface area (Å²) in [7, 11) is 0. The van der Waals surface area contributed by atoms with Crippen molar-refractivity contribution < 1.29 is 9.53 Å². The zero-order chi connectivity index (χ0) is 21.8. The summed E-state index contributed by atoms with van der Waals surface area (Å²) in [5.41, 5.74) is 4.52. The maximum atomic E-state index is 11.3. The van der Waals surface area contributed by atoms with Crippen molar-refractivity contribution >= 4 is 38.3 Å². The summed E-state index contributed by atoms with van der Waals surface area (Å²) in [5.74, 6) is 0.812. The number of Topliss-reactive ketones (excluding diaryl/α,β-unsaturated/α-hetero) is 1. The van der Waals surface area contributed by atoms with E-state index in [-0.39, 0.29) is 12.4 Å².